The number of alkyl halides is 6. The molecule has 0 N–H and O–H groups in total. The van der Waals surface area contributed by atoms with Crippen molar-refractivity contribution in [2.45, 2.75) is 31.9 Å². The van der Waals surface area contributed by atoms with E-state index in [2.05, 4.69) is 9.64 Å². The third kappa shape index (κ3) is 8.71. The topological polar surface area (TPSA) is 90.5 Å². The van der Waals surface area contributed by atoms with Crippen molar-refractivity contribution < 1.29 is 50.3 Å². The van der Waals surface area contributed by atoms with Crippen LogP contribution in [-0.2, 0) is 20.9 Å². The molecule has 2 aliphatic heterocycles. The predicted octanol–water partition coefficient (Wildman–Crippen LogP) is 2.55. The summed E-state index contributed by atoms with van der Waals surface area (Å²) in [4.78, 5) is 48.0. The van der Waals surface area contributed by atoms with Gasteiger partial charge in [-0.3, -0.25) is 9.69 Å². The summed E-state index contributed by atoms with van der Waals surface area (Å²) in [7, 11) is 1.99. The molecule has 0 spiro atoms. The molecule has 15 heteroatoms. The van der Waals surface area contributed by atoms with Crippen molar-refractivity contribution in [2.75, 3.05) is 59.4 Å². The van der Waals surface area contributed by atoms with Gasteiger partial charge in [-0.2, -0.15) is 35.9 Å². The SMILES string of the molecule is Cc1ccc(CN2CCN(C(=O)OC(C(F)(F)F)C(F)(F)F)CC2)c(C(=O)N2CCN(C)CC2)c1.O=C=O. The number of likely N-dealkylation sites (N-methyl/N-ethyl adjacent to an activating group) is 1. The number of halogens is 6. The van der Waals surface area contributed by atoms with Gasteiger partial charge in [-0.25, -0.2) is 4.79 Å². The molecule has 0 aromatic heterocycles. The maximum Gasteiger partial charge on any atom is 0.434 e. The third-order valence-electron chi connectivity index (χ3n) is 6.12. The van der Waals surface area contributed by atoms with Gasteiger partial charge in [0, 0.05) is 64.5 Å². The highest BCUT2D eigenvalue weighted by atomic mass is 19.4. The molecule has 1 aromatic rings. The Hall–Kier alpha value is -3.16. The number of rotatable bonds is 4. The zero-order valence-corrected chi connectivity index (χ0v) is 20.8. The maximum atomic E-state index is 13.2. The van der Waals surface area contributed by atoms with Crippen LogP contribution in [0.5, 0.6) is 0 Å². The molecule has 0 bridgehead atoms. The van der Waals surface area contributed by atoms with Crippen LogP contribution in [0, 0.1) is 6.92 Å². The van der Waals surface area contributed by atoms with E-state index in [1.807, 2.05) is 37.1 Å². The second-order valence-electron chi connectivity index (χ2n) is 8.95. The van der Waals surface area contributed by atoms with Gasteiger partial charge in [0.15, 0.2) is 0 Å². The molecular formula is C23H28F6N4O5. The van der Waals surface area contributed by atoms with E-state index < -0.39 is 24.5 Å². The van der Waals surface area contributed by atoms with Crippen LogP contribution in [0.25, 0.3) is 0 Å². The number of hydrogen-bond acceptors (Lipinski definition) is 7. The Bertz CT molecular complexity index is 983. The average Bonchev–Trinajstić information content (AvgIpc) is 2.83. The van der Waals surface area contributed by atoms with Crippen molar-refractivity contribution in [1.82, 2.24) is 19.6 Å². The van der Waals surface area contributed by atoms with Gasteiger partial charge in [0.25, 0.3) is 12.0 Å². The van der Waals surface area contributed by atoms with E-state index >= 15 is 0 Å². The van der Waals surface area contributed by atoms with E-state index in [1.54, 1.807) is 4.90 Å². The van der Waals surface area contributed by atoms with Crippen LogP contribution in [0.2, 0.25) is 0 Å². The summed E-state index contributed by atoms with van der Waals surface area (Å²) in [6, 6.07) is 5.53. The van der Waals surface area contributed by atoms with Gasteiger partial charge in [-0.15, -0.1) is 0 Å². The van der Waals surface area contributed by atoms with Gasteiger partial charge in [-0.05, 0) is 25.6 Å². The smallest absolute Gasteiger partial charge is 0.426 e. The van der Waals surface area contributed by atoms with Crippen LogP contribution in [0.3, 0.4) is 0 Å². The highest BCUT2D eigenvalue weighted by molar-refractivity contribution is 5.96. The molecule has 0 unspecified atom stereocenters. The highest BCUT2D eigenvalue weighted by Gasteiger charge is 2.60. The molecule has 2 saturated heterocycles. The van der Waals surface area contributed by atoms with E-state index in [0.29, 0.717) is 25.2 Å². The van der Waals surface area contributed by atoms with Gasteiger partial charge in [0.05, 0.1) is 0 Å². The number of piperazine rings is 2. The van der Waals surface area contributed by atoms with Crippen molar-refractivity contribution in [1.29, 1.82) is 0 Å². The number of benzene rings is 1. The molecule has 2 fully saturated rings. The fraction of sp³-hybridized carbons (Fsp3) is 0.609. The quantitative estimate of drug-likeness (QED) is 0.529. The van der Waals surface area contributed by atoms with Gasteiger partial charge < -0.3 is 19.4 Å². The van der Waals surface area contributed by atoms with Crippen molar-refractivity contribution in [2.24, 2.45) is 0 Å². The number of hydrogen-bond donors (Lipinski definition) is 0. The molecule has 3 rings (SSSR count). The Kier molecular flexibility index (Phi) is 10.7. The van der Waals surface area contributed by atoms with E-state index in [1.165, 1.54) is 0 Å². The minimum Gasteiger partial charge on any atom is -0.426 e. The summed E-state index contributed by atoms with van der Waals surface area (Å²) >= 11 is 0. The lowest BCUT2D eigenvalue weighted by Crippen LogP contribution is -2.52. The Labute approximate surface area is 214 Å². The average molecular weight is 554 g/mol. The van der Waals surface area contributed by atoms with Gasteiger partial charge >= 0.3 is 24.6 Å². The second kappa shape index (κ2) is 13.1. The first-order valence-corrected chi connectivity index (χ1v) is 11.5. The second-order valence-corrected chi connectivity index (χ2v) is 8.95. The Morgan fingerprint density at radius 1 is 0.895 bits per heavy atom. The molecule has 38 heavy (non-hydrogen) atoms. The molecule has 0 radical (unpaired) electrons. The first-order chi connectivity index (χ1) is 17.7. The summed E-state index contributed by atoms with van der Waals surface area (Å²) in [6.07, 6.45) is -17.1. The summed E-state index contributed by atoms with van der Waals surface area (Å²) < 4.78 is 79.8. The van der Waals surface area contributed by atoms with Crippen molar-refractivity contribution in [3.05, 3.63) is 34.9 Å². The lowest BCUT2D eigenvalue weighted by atomic mass is 10.0. The van der Waals surface area contributed by atoms with Crippen LogP contribution < -0.4 is 0 Å². The maximum absolute atomic E-state index is 13.2. The van der Waals surface area contributed by atoms with Crippen molar-refractivity contribution in [3.8, 4) is 0 Å². The number of carbonyl (C=O) groups is 2. The van der Waals surface area contributed by atoms with Crippen molar-refractivity contribution >= 4 is 18.2 Å². The first kappa shape index (κ1) is 31.1. The van der Waals surface area contributed by atoms with Crippen LogP contribution in [0.1, 0.15) is 21.5 Å². The van der Waals surface area contributed by atoms with E-state index in [-0.39, 0.29) is 38.2 Å². The monoisotopic (exact) mass is 554 g/mol. The molecule has 0 aliphatic carbocycles. The van der Waals surface area contributed by atoms with E-state index in [4.69, 9.17) is 9.59 Å². The van der Waals surface area contributed by atoms with Gasteiger partial charge in [0.1, 0.15) is 0 Å². The fourth-order valence-electron chi connectivity index (χ4n) is 4.03. The summed E-state index contributed by atoms with van der Waals surface area (Å²) in [5.41, 5.74) is 2.25. The molecule has 2 amide bonds. The Balaban J connectivity index is 0.00000161. The lowest BCUT2D eigenvalue weighted by Gasteiger charge is -2.36. The summed E-state index contributed by atoms with van der Waals surface area (Å²) in [6.45, 7) is 5.20. The molecule has 2 heterocycles. The Morgan fingerprint density at radius 3 is 1.89 bits per heavy atom. The van der Waals surface area contributed by atoms with Gasteiger partial charge in [0.2, 0.25) is 0 Å². The molecular weight excluding hydrogens is 526 g/mol. The molecule has 2 aliphatic rings. The molecule has 212 valence electrons. The largest absolute Gasteiger partial charge is 0.434 e. The van der Waals surface area contributed by atoms with Crippen molar-refractivity contribution in [3.63, 3.8) is 0 Å². The molecule has 1 aromatic carbocycles. The fourth-order valence-corrected chi connectivity index (χ4v) is 4.03. The van der Waals surface area contributed by atoms with Gasteiger partial charge in [-0.1, -0.05) is 17.7 Å². The van der Waals surface area contributed by atoms with Crippen LogP contribution in [0.4, 0.5) is 31.1 Å². The minimum absolute atomic E-state index is 0.0793. The predicted molar refractivity (Wildman–Crippen MR) is 119 cm³/mol. The number of ether oxygens (including phenoxy) is 1. The van der Waals surface area contributed by atoms with Crippen LogP contribution in [0.15, 0.2) is 18.2 Å². The lowest BCUT2D eigenvalue weighted by molar-refractivity contribution is -0.308. The zero-order chi connectivity index (χ0) is 28.7. The highest BCUT2D eigenvalue weighted by Crippen LogP contribution is 2.36. The van der Waals surface area contributed by atoms with E-state index in [9.17, 15) is 35.9 Å². The minimum atomic E-state index is -5.76. The zero-order valence-electron chi connectivity index (χ0n) is 20.8. The summed E-state index contributed by atoms with van der Waals surface area (Å²) in [5, 5.41) is 0. The standard InChI is InChI=1S/C22H28F6N4O3.CO2/c1-15-3-4-16(17(13-15)18(33)31-9-5-29(2)6-10-31)14-30-7-11-32(12-8-30)20(34)35-19(21(23,24)25)22(26,27)28;2-1-3/h3-4,13,19H,5-12,14H2,1-2H3;. The molecule has 0 atom stereocenters. The third-order valence-corrected chi connectivity index (χ3v) is 6.12. The number of amides is 2. The van der Waals surface area contributed by atoms with Crippen LogP contribution >= 0.6 is 0 Å². The Morgan fingerprint density at radius 2 is 1.39 bits per heavy atom. The first-order valence-electron chi connectivity index (χ1n) is 11.5. The summed E-state index contributed by atoms with van der Waals surface area (Å²) in [5.74, 6) is -0.0793. The van der Waals surface area contributed by atoms with Crippen LogP contribution in [-0.4, -0.2) is 116 Å². The molecule has 9 nitrogen and oxygen atoms in total. The number of carbonyl (C=O) groups excluding carboxylic acids is 4. The number of aryl methyl sites for hydroxylation is 1. The normalized spacial score (nSPS) is 17.5. The van der Waals surface area contributed by atoms with E-state index in [0.717, 1.165) is 29.1 Å². The number of nitrogens with zero attached hydrogens (tertiary/aromatic N) is 4. The molecule has 0 saturated carbocycles.